The maximum absolute atomic E-state index is 12.8. The van der Waals surface area contributed by atoms with Gasteiger partial charge < -0.3 is 15.0 Å². The van der Waals surface area contributed by atoms with E-state index in [9.17, 15) is 9.59 Å². The van der Waals surface area contributed by atoms with E-state index in [2.05, 4.69) is 5.32 Å². The van der Waals surface area contributed by atoms with Gasteiger partial charge in [0.05, 0.1) is 6.61 Å². The lowest BCUT2D eigenvalue weighted by Crippen LogP contribution is -2.37. The number of hydrogen-bond acceptors (Lipinski definition) is 3. The molecule has 2 amide bonds. The zero-order valence-electron chi connectivity index (χ0n) is 14.8. The van der Waals surface area contributed by atoms with Crippen LogP contribution in [0, 0.1) is 6.92 Å². The second kappa shape index (κ2) is 7.79. The van der Waals surface area contributed by atoms with Crippen LogP contribution in [0.15, 0.2) is 42.5 Å². The van der Waals surface area contributed by atoms with Gasteiger partial charge in [-0.3, -0.25) is 9.59 Å². The predicted molar refractivity (Wildman–Crippen MR) is 102 cm³/mol. The fraction of sp³-hybridized carbons (Fsp3) is 0.300. The first kappa shape index (κ1) is 18.3. The summed E-state index contributed by atoms with van der Waals surface area (Å²) >= 11 is 6.07. The number of halogens is 1. The summed E-state index contributed by atoms with van der Waals surface area (Å²) in [4.78, 5) is 25.9. The molecule has 2 aromatic carbocycles. The Kier molecular flexibility index (Phi) is 5.47. The molecule has 0 spiro atoms. The van der Waals surface area contributed by atoms with Crippen molar-refractivity contribution in [2.75, 3.05) is 18.1 Å². The highest BCUT2D eigenvalue weighted by Gasteiger charge is 2.37. The number of fused-ring (bicyclic) bond motifs is 1. The molecule has 0 radical (unpaired) electrons. The Morgan fingerprint density at radius 3 is 2.77 bits per heavy atom. The quantitative estimate of drug-likeness (QED) is 0.787. The lowest BCUT2D eigenvalue weighted by molar-refractivity contribution is -0.126. The highest BCUT2D eigenvalue weighted by molar-refractivity contribution is 6.31. The molecule has 0 unspecified atom stereocenters. The van der Waals surface area contributed by atoms with Gasteiger partial charge in [-0.05, 0) is 43.2 Å². The number of nitrogens with one attached hydrogen (secondary N) is 1. The van der Waals surface area contributed by atoms with E-state index in [0.29, 0.717) is 24.6 Å². The minimum Gasteiger partial charge on any atom is -0.493 e. The van der Waals surface area contributed by atoms with Crippen LogP contribution in [0.5, 0.6) is 5.75 Å². The second-order valence-electron chi connectivity index (χ2n) is 6.29. The molecule has 0 bridgehead atoms. The van der Waals surface area contributed by atoms with Crippen LogP contribution < -0.4 is 15.0 Å². The fourth-order valence-corrected chi connectivity index (χ4v) is 3.29. The summed E-state index contributed by atoms with van der Waals surface area (Å²) in [6, 6.07) is 12.5. The molecule has 0 aromatic heterocycles. The molecular weight excluding hydrogens is 352 g/mol. The smallest absolute Gasteiger partial charge is 0.254 e. The number of para-hydroxylation sites is 1. The van der Waals surface area contributed by atoms with Crippen molar-refractivity contribution in [1.29, 1.82) is 0 Å². The van der Waals surface area contributed by atoms with Crippen LogP contribution in [0.25, 0.3) is 0 Å². The van der Waals surface area contributed by atoms with Gasteiger partial charge in [-0.25, -0.2) is 0 Å². The summed E-state index contributed by atoms with van der Waals surface area (Å²) in [5, 5.41) is 3.25. The molecule has 0 saturated heterocycles. The zero-order chi connectivity index (χ0) is 18.7. The SMILES string of the molecule is CC(=O)N[C@H]1C(=O)N(CCCOc2ccccc2C)c2ccc(Cl)cc21. The molecule has 1 aliphatic rings. The molecule has 1 heterocycles. The van der Waals surface area contributed by atoms with Crippen LogP contribution in [0.2, 0.25) is 5.02 Å². The molecular formula is C20H21ClN2O3. The van der Waals surface area contributed by atoms with Gasteiger partial charge in [0.1, 0.15) is 11.8 Å². The number of benzene rings is 2. The van der Waals surface area contributed by atoms with Crippen molar-refractivity contribution in [3.63, 3.8) is 0 Å². The fourth-order valence-electron chi connectivity index (χ4n) is 3.11. The van der Waals surface area contributed by atoms with Crippen molar-refractivity contribution in [1.82, 2.24) is 5.32 Å². The average Bonchev–Trinajstić information content (AvgIpc) is 2.84. The molecule has 1 aliphatic heterocycles. The number of anilines is 1. The summed E-state index contributed by atoms with van der Waals surface area (Å²) < 4.78 is 5.80. The minimum atomic E-state index is -0.682. The van der Waals surface area contributed by atoms with Crippen molar-refractivity contribution in [3.05, 3.63) is 58.6 Å². The number of aryl methyl sites for hydroxylation is 1. The maximum atomic E-state index is 12.8. The largest absolute Gasteiger partial charge is 0.493 e. The van der Waals surface area contributed by atoms with Gasteiger partial charge in [0.25, 0.3) is 5.91 Å². The van der Waals surface area contributed by atoms with Gasteiger partial charge in [-0.2, -0.15) is 0 Å². The van der Waals surface area contributed by atoms with E-state index in [0.717, 1.165) is 22.6 Å². The maximum Gasteiger partial charge on any atom is 0.254 e. The topological polar surface area (TPSA) is 58.6 Å². The van der Waals surface area contributed by atoms with Crippen LogP contribution in [-0.2, 0) is 9.59 Å². The zero-order valence-corrected chi connectivity index (χ0v) is 15.5. The third kappa shape index (κ3) is 3.83. The molecule has 1 atom stereocenters. The summed E-state index contributed by atoms with van der Waals surface area (Å²) in [7, 11) is 0. The summed E-state index contributed by atoms with van der Waals surface area (Å²) in [6.07, 6.45) is 0.676. The standard InChI is InChI=1S/C20H21ClN2O3/c1-13-6-3-4-7-18(13)26-11-5-10-23-17-9-8-15(21)12-16(17)19(20(23)25)22-14(2)24/h3-4,6-9,12,19H,5,10-11H2,1-2H3,(H,22,24)/t19-/m1/s1. The van der Waals surface area contributed by atoms with Gasteiger partial charge in [0, 0.05) is 29.7 Å². The molecule has 26 heavy (non-hydrogen) atoms. The van der Waals surface area contributed by atoms with Crippen LogP contribution in [0.4, 0.5) is 5.69 Å². The highest BCUT2D eigenvalue weighted by atomic mass is 35.5. The van der Waals surface area contributed by atoms with E-state index >= 15 is 0 Å². The molecule has 1 N–H and O–H groups in total. The van der Waals surface area contributed by atoms with Crippen LogP contribution in [-0.4, -0.2) is 25.0 Å². The van der Waals surface area contributed by atoms with Gasteiger partial charge in [-0.1, -0.05) is 29.8 Å². The third-order valence-corrected chi connectivity index (χ3v) is 4.56. The highest BCUT2D eigenvalue weighted by Crippen LogP contribution is 2.37. The Morgan fingerprint density at radius 2 is 2.04 bits per heavy atom. The summed E-state index contributed by atoms with van der Waals surface area (Å²) in [6.45, 7) is 4.41. The average molecular weight is 373 g/mol. The number of hydrogen-bond donors (Lipinski definition) is 1. The number of rotatable bonds is 6. The molecule has 5 nitrogen and oxygen atoms in total. The van der Waals surface area contributed by atoms with E-state index in [1.54, 1.807) is 17.0 Å². The summed E-state index contributed by atoms with van der Waals surface area (Å²) in [5.74, 6) is 0.455. The van der Waals surface area contributed by atoms with Crippen LogP contribution in [0.1, 0.15) is 30.5 Å². The number of carbonyl (C=O) groups excluding carboxylic acids is 2. The summed E-state index contributed by atoms with van der Waals surface area (Å²) in [5.41, 5.74) is 2.60. The molecule has 6 heteroatoms. The molecule has 3 rings (SSSR count). The van der Waals surface area contributed by atoms with Gasteiger partial charge in [0.2, 0.25) is 5.91 Å². The molecule has 2 aromatic rings. The Balaban J connectivity index is 1.67. The Hall–Kier alpha value is -2.53. The Bertz CT molecular complexity index is 838. The first-order chi connectivity index (χ1) is 12.5. The van der Waals surface area contributed by atoms with Crippen molar-refractivity contribution in [3.8, 4) is 5.75 Å². The van der Waals surface area contributed by atoms with E-state index in [1.165, 1.54) is 6.92 Å². The molecule has 0 saturated carbocycles. The van der Waals surface area contributed by atoms with E-state index in [-0.39, 0.29) is 11.8 Å². The first-order valence-corrected chi connectivity index (χ1v) is 8.91. The Labute approximate surface area is 157 Å². The van der Waals surface area contributed by atoms with Gasteiger partial charge >= 0.3 is 0 Å². The van der Waals surface area contributed by atoms with Crippen molar-refractivity contribution >= 4 is 29.1 Å². The predicted octanol–water partition coefficient (Wildman–Crippen LogP) is 3.64. The second-order valence-corrected chi connectivity index (χ2v) is 6.73. The van der Waals surface area contributed by atoms with Crippen LogP contribution in [0.3, 0.4) is 0 Å². The van der Waals surface area contributed by atoms with Gasteiger partial charge in [-0.15, -0.1) is 0 Å². The van der Waals surface area contributed by atoms with E-state index < -0.39 is 6.04 Å². The monoisotopic (exact) mass is 372 g/mol. The van der Waals surface area contributed by atoms with Crippen LogP contribution >= 0.6 is 11.6 Å². The lowest BCUT2D eigenvalue weighted by atomic mass is 10.1. The van der Waals surface area contributed by atoms with E-state index in [1.807, 2.05) is 37.3 Å². The van der Waals surface area contributed by atoms with Crippen molar-refractivity contribution in [2.24, 2.45) is 0 Å². The number of nitrogens with zero attached hydrogens (tertiary/aromatic N) is 1. The molecule has 0 aliphatic carbocycles. The Morgan fingerprint density at radius 1 is 1.27 bits per heavy atom. The van der Waals surface area contributed by atoms with E-state index in [4.69, 9.17) is 16.3 Å². The molecule has 0 fully saturated rings. The normalized spacial score (nSPS) is 15.7. The third-order valence-electron chi connectivity index (χ3n) is 4.33. The van der Waals surface area contributed by atoms with Crippen molar-refractivity contribution < 1.29 is 14.3 Å². The number of carbonyl (C=O) groups is 2. The number of ether oxygens (including phenoxy) is 1. The minimum absolute atomic E-state index is 0.145. The van der Waals surface area contributed by atoms with Gasteiger partial charge in [0.15, 0.2) is 0 Å². The first-order valence-electron chi connectivity index (χ1n) is 8.53. The number of amides is 2. The van der Waals surface area contributed by atoms with Crippen molar-refractivity contribution in [2.45, 2.75) is 26.3 Å². The molecule has 136 valence electrons. The lowest BCUT2D eigenvalue weighted by Gasteiger charge is -2.18.